The van der Waals surface area contributed by atoms with Crippen LogP contribution in [0.25, 0.3) is 0 Å². The molecule has 1 atom stereocenters. The topological polar surface area (TPSA) is 26.3 Å². The number of hydrogen-bond donors (Lipinski definition) is 0. The maximum atomic E-state index is 12.8. The highest BCUT2D eigenvalue weighted by Crippen LogP contribution is 2.26. The van der Waals surface area contributed by atoms with Gasteiger partial charge in [0.25, 0.3) is 0 Å². The van der Waals surface area contributed by atoms with Crippen molar-refractivity contribution in [3.05, 3.63) is 29.6 Å². The molecular weight excluding hydrogens is 178 g/mol. The summed E-state index contributed by atoms with van der Waals surface area (Å²) in [5, 5.41) is 0. The van der Waals surface area contributed by atoms with Crippen molar-refractivity contribution in [2.24, 2.45) is 0 Å². The molecular formula is C9H6F2O2. The molecule has 0 amide bonds. The van der Waals surface area contributed by atoms with Crippen LogP contribution < -0.4 is 4.74 Å². The van der Waals surface area contributed by atoms with E-state index < -0.39 is 18.0 Å². The fraction of sp³-hybridized carbons (Fsp3) is 0.222. The van der Waals surface area contributed by atoms with Gasteiger partial charge in [0.05, 0.1) is 0 Å². The van der Waals surface area contributed by atoms with Gasteiger partial charge in [-0.2, -0.15) is 0 Å². The zero-order chi connectivity index (χ0) is 9.42. The van der Waals surface area contributed by atoms with Gasteiger partial charge in [0.15, 0.2) is 0 Å². The van der Waals surface area contributed by atoms with Gasteiger partial charge in [-0.15, -0.1) is 0 Å². The molecule has 1 aliphatic heterocycles. The number of carbonyl (C=O) groups excluding carboxylic acids is 1. The number of rotatable bonds is 0. The molecule has 0 N–H and O–H groups in total. The number of alkyl halides is 1. The summed E-state index contributed by atoms with van der Waals surface area (Å²) in [5.74, 6) is -1.11. The molecule has 0 unspecified atom stereocenters. The van der Waals surface area contributed by atoms with E-state index in [4.69, 9.17) is 0 Å². The lowest BCUT2D eigenvalue weighted by Gasteiger charge is -2.17. The minimum atomic E-state index is -1.67. The highest BCUT2D eigenvalue weighted by Gasteiger charge is 2.27. The number of fused-ring (bicyclic) bond motifs is 1. The molecule has 2 nitrogen and oxygen atoms in total. The standard InChI is InChI=1S/C9H6F2O2/c10-6-1-2-8-5(3-6)4-7(11)9(12)13-8/h1-3,7H,4H2/t7-/m0/s1. The van der Waals surface area contributed by atoms with Gasteiger partial charge in [0.1, 0.15) is 11.6 Å². The third-order valence-corrected chi connectivity index (χ3v) is 1.89. The number of halogens is 2. The summed E-state index contributed by atoms with van der Waals surface area (Å²) < 4.78 is 30.1. The Balaban J connectivity index is 2.42. The molecule has 0 saturated carbocycles. The van der Waals surface area contributed by atoms with Crippen LogP contribution >= 0.6 is 0 Å². The Bertz CT molecular complexity index is 363. The average Bonchev–Trinajstić information content (AvgIpc) is 2.08. The zero-order valence-electron chi connectivity index (χ0n) is 6.59. The first-order valence-corrected chi connectivity index (χ1v) is 3.81. The minimum Gasteiger partial charge on any atom is -0.424 e. The fourth-order valence-electron chi connectivity index (χ4n) is 1.26. The molecule has 1 aliphatic rings. The van der Waals surface area contributed by atoms with E-state index in [0.717, 1.165) is 0 Å². The Kier molecular flexibility index (Phi) is 1.76. The molecule has 0 aromatic heterocycles. The van der Waals surface area contributed by atoms with Crippen LogP contribution in [0, 0.1) is 5.82 Å². The molecule has 0 saturated heterocycles. The van der Waals surface area contributed by atoms with Gasteiger partial charge in [-0.05, 0) is 18.2 Å². The SMILES string of the molecule is O=C1Oc2ccc(F)cc2C[C@@H]1F. The second-order valence-corrected chi connectivity index (χ2v) is 2.84. The summed E-state index contributed by atoms with van der Waals surface area (Å²) in [7, 11) is 0. The molecule has 68 valence electrons. The third kappa shape index (κ3) is 1.39. The molecule has 2 rings (SSSR count). The Morgan fingerprint density at radius 2 is 2.23 bits per heavy atom. The summed E-state index contributed by atoms with van der Waals surface area (Å²) in [4.78, 5) is 10.8. The molecule has 0 spiro atoms. The van der Waals surface area contributed by atoms with E-state index >= 15 is 0 Å². The Hall–Kier alpha value is -1.45. The summed E-state index contributed by atoms with van der Waals surface area (Å²) in [5.41, 5.74) is 0.395. The maximum absolute atomic E-state index is 12.8. The quantitative estimate of drug-likeness (QED) is 0.452. The molecule has 4 heteroatoms. The van der Waals surface area contributed by atoms with Crippen LogP contribution in [0.4, 0.5) is 8.78 Å². The monoisotopic (exact) mass is 184 g/mol. The van der Waals surface area contributed by atoms with Crippen molar-refractivity contribution in [3.63, 3.8) is 0 Å². The van der Waals surface area contributed by atoms with Crippen molar-refractivity contribution in [1.82, 2.24) is 0 Å². The van der Waals surface area contributed by atoms with Crippen molar-refractivity contribution in [2.45, 2.75) is 12.6 Å². The third-order valence-electron chi connectivity index (χ3n) is 1.89. The average molecular weight is 184 g/mol. The molecule has 1 aromatic rings. The first-order chi connectivity index (χ1) is 6.16. The van der Waals surface area contributed by atoms with E-state index in [1.54, 1.807) is 0 Å². The van der Waals surface area contributed by atoms with Gasteiger partial charge < -0.3 is 4.74 Å². The molecule has 13 heavy (non-hydrogen) atoms. The van der Waals surface area contributed by atoms with Gasteiger partial charge in [0.2, 0.25) is 6.17 Å². The van der Waals surface area contributed by atoms with E-state index in [1.165, 1.54) is 18.2 Å². The van der Waals surface area contributed by atoms with Crippen LogP contribution in [0.3, 0.4) is 0 Å². The highest BCUT2D eigenvalue weighted by atomic mass is 19.1. The van der Waals surface area contributed by atoms with Crippen LogP contribution in [-0.4, -0.2) is 12.1 Å². The van der Waals surface area contributed by atoms with Crippen LogP contribution in [0.2, 0.25) is 0 Å². The first kappa shape index (κ1) is 8.16. The van der Waals surface area contributed by atoms with E-state index in [-0.39, 0.29) is 12.2 Å². The second kappa shape index (κ2) is 2.80. The lowest BCUT2D eigenvalue weighted by atomic mass is 10.1. The van der Waals surface area contributed by atoms with Crippen molar-refractivity contribution >= 4 is 5.97 Å². The van der Waals surface area contributed by atoms with E-state index in [9.17, 15) is 13.6 Å². The van der Waals surface area contributed by atoms with Gasteiger partial charge in [0, 0.05) is 12.0 Å². The molecule has 0 radical (unpaired) electrons. The summed E-state index contributed by atoms with van der Waals surface area (Å²) in [6.07, 6.45) is -1.78. The number of benzene rings is 1. The van der Waals surface area contributed by atoms with Crippen LogP contribution in [0.5, 0.6) is 5.75 Å². The van der Waals surface area contributed by atoms with Gasteiger partial charge in [-0.1, -0.05) is 0 Å². The summed E-state index contributed by atoms with van der Waals surface area (Å²) in [6, 6.07) is 3.67. The summed E-state index contributed by atoms with van der Waals surface area (Å²) in [6.45, 7) is 0. The number of hydrogen-bond acceptors (Lipinski definition) is 2. The lowest BCUT2D eigenvalue weighted by Crippen LogP contribution is -2.28. The Morgan fingerprint density at radius 1 is 1.46 bits per heavy atom. The van der Waals surface area contributed by atoms with Crippen molar-refractivity contribution in [3.8, 4) is 5.75 Å². The predicted molar refractivity (Wildman–Crippen MR) is 40.6 cm³/mol. The van der Waals surface area contributed by atoms with Crippen molar-refractivity contribution < 1.29 is 18.3 Å². The number of esters is 1. The zero-order valence-corrected chi connectivity index (χ0v) is 6.59. The van der Waals surface area contributed by atoms with Crippen LogP contribution in [0.1, 0.15) is 5.56 Å². The van der Waals surface area contributed by atoms with Gasteiger partial charge >= 0.3 is 5.97 Å². The number of ether oxygens (including phenoxy) is 1. The van der Waals surface area contributed by atoms with Crippen molar-refractivity contribution in [2.75, 3.05) is 0 Å². The van der Waals surface area contributed by atoms with Crippen LogP contribution in [0.15, 0.2) is 18.2 Å². The predicted octanol–water partition coefficient (Wildman–Crippen LogP) is 1.63. The Morgan fingerprint density at radius 3 is 3.00 bits per heavy atom. The van der Waals surface area contributed by atoms with E-state index in [2.05, 4.69) is 4.74 Å². The molecule has 1 heterocycles. The minimum absolute atomic E-state index is 0.105. The number of carbonyl (C=O) groups is 1. The normalized spacial score (nSPS) is 20.8. The van der Waals surface area contributed by atoms with Crippen molar-refractivity contribution in [1.29, 1.82) is 0 Å². The van der Waals surface area contributed by atoms with E-state index in [1.807, 2.05) is 0 Å². The Labute approximate surface area is 73.1 Å². The van der Waals surface area contributed by atoms with Crippen LogP contribution in [-0.2, 0) is 11.2 Å². The highest BCUT2D eigenvalue weighted by molar-refractivity contribution is 5.79. The van der Waals surface area contributed by atoms with E-state index in [0.29, 0.717) is 5.56 Å². The largest absolute Gasteiger partial charge is 0.424 e. The van der Waals surface area contributed by atoms with Gasteiger partial charge in [-0.3, -0.25) is 0 Å². The lowest BCUT2D eigenvalue weighted by molar-refractivity contribution is -0.141. The fourth-order valence-corrected chi connectivity index (χ4v) is 1.26. The molecule has 0 aliphatic carbocycles. The first-order valence-electron chi connectivity index (χ1n) is 3.81. The van der Waals surface area contributed by atoms with Gasteiger partial charge in [-0.25, -0.2) is 13.6 Å². The smallest absolute Gasteiger partial charge is 0.346 e. The summed E-state index contributed by atoms with van der Waals surface area (Å²) >= 11 is 0. The molecule has 0 fully saturated rings. The molecule has 0 bridgehead atoms. The molecule has 1 aromatic carbocycles. The second-order valence-electron chi connectivity index (χ2n) is 2.84. The maximum Gasteiger partial charge on any atom is 0.346 e.